The van der Waals surface area contributed by atoms with Crippen LogP contribution in [0.2, 0.25) is 5.02 Å². The van der Waals surface area contributed by atoms with Crippen molar-refractivity contribution in [3.63, 3.8) is 0 Å². The highest BCUT2D eigenvalue weighted by Crippen LogP contribution is 2.20. The molecule has 1 heterocycles. The van der Waals surface area contributed by atoms with Crippen LogP contribution < -0.4 is 10.5 Å². The van der Waals surface area contributed by atoms with E-state index in [0.29, 0.717) is 0 Å². The van der Waals surface area contributed by atoms with Crippen LogP contribution in [0, 0.1) is 11.8 Å². The van der Waals surface area contributed by atoms with Gasteiger partial charge in [0.15, 0.2) is 0 Å². The van der Waals surface area contributed by atoms with Crippen LogP contribution in [0.3, 0.4) is 0 Å². The molecule has 4 heteroatoms. The second-order valence-corrected chi connectivity index (χ2v) is 6.76. The summed E-state index contributed by atoms with van der Waals surface area (Å²) in [5, 5.41) is 0.736. The van der Waals surface area contributed by atoms with Gasteiger partial charge < -0.3 is 10.5 Å². The Morgan fingerprint density at radius 3 is 2.36 bits per heavy atom. The lowest BCUT2D eigenvalue weighted by Crippen LogP contribution is -2.38. The van der Waals surface area contributed by atoms with Crippen molar-refractivity contribution < 1.29 is 4.74 Å². The maximum absolute atomic E-state index is 6.02. The fourth-order valence-electron chi connectivity index (χ4n) is 2.86. The second-order valence-electron chi connectivity index (χ2n) is 6.32. The average molecular weight is 355 g/mol. The molecule has 1 saturated heterocycles. The van der Waals surface area contributed by atoms with Gasteiger partial charge in [0.1, 0.15) is 11.9 Å². The molecule has 0 bridgehead atoms. The summed E-state index contributed by atoms with van der Waals surface area (Å²) in [6, 6.07) is 15.5. The predicted molar refractivity (Wildman–Crippen MR) is 104 cm³/mol. The van der Waals surface area contributed by atoms with Gasteiger partial charge in [0.2, 0.25) is 0 Å². The van der Waals surface area contributed by atoms with E-state index in [0.717, 1.165) is 55.4 Å². The molecule has 0 radical (unpaired) electrons. The summed E-state index contributed by atoms with van der Waals surface area (Å²) >= 11 is 5.90. The summed E-state index contributed by atoms with van der Waals surface area (Å²) in [6.07, 6.45) is 3.11. The maximum atomic E-state index is 6.02. The highest BCUT2D eigenvalue weighted by molar-refractivity contribution is 6.30. The Hall–Kier alpha value is -2.15. The van der Waals surface area contributed by atoms with E-state index in [9.17, 15) is 0 Å². The molecule has 0 unspecified atom stereocenters. The number of nitrogen functional groups attached to an aromatic ring is 1. The molecular formula is C21H23ClN2O. The van der Waals surface area contributed by atoms with E-state index in [4.69, 9.17) is 22.1 Å². The molecule has 0 saturated carbocycles. The second kappa shape index (κ2) is 8.80. The van der Waals surface area contributed by atoms with Gasteiger partial charge in [-0.1, -0.05) is 35.6 Å². The van der Waals surface area contributed by atoms with E-state index >= 15 is 0 Å². The number of piperidine rings is 1. The van der Waals surface area contributed by atoms with Crippen molar-refractivity contribution in [1.29, 1.82) is 0 Å². The molecule has 0 aromatic heterocycles. The lowest BCUT2D eigenvalue weighted by Gasteiger charge is -2.30. The van der Waals surface area contributed by atoms with Crippen molar-refractivity contribution in [3.8, 4) is 17.6 Å². The Labute approximate surface area is 154 Å². The summed E-state index contributed by atoms with van der Waals surface area (Å²) in [5.41, 5.74) is 7.68. The number of halogens is 1. The molecule has 2 N–H and O–H groups in total. The third-order valence-corrected chi connectivity index (χ3v) is 4.60. The highest BCUT2D eigenvalue weighted by atomic mass is 35.5. The van der Waals surface area contributed by atoms with E-state index in [1.165, 1.54) is 5.56 Å². The van der Waals surface area contributed by atoms with Crippen molar-refractivity contribution in [2.75, 3.05) is 25.4 Å². The first-order valence-corrected chi connectivity index (χ1v) is 9.01. The number of rotatable bonds is 4. The third kappa shape index (κ3) is 5.70. The van der Waals surface area contributed by atoms with E-state index in [1.54, 1.807) is 0 Å². The number of ether oxygens (including phenoxy) is 1. The standard InChI is InChI=1S/C21H23ClN2O/c22-18-6-10-20(11-7-18)25-21-12-15-24(16-13-21)14-2-1-3-17-4-8-19(23)9-5-17/h4-11,21H,3,12-16,23H2. The van der Waals surface area contributed by atoms with Crippen LogP contribution in [0.1, 0.15) is 18.4 Å². The summed E-state index contributed by atoms with van der Waals surface area (Å²) in [6.45, 7) is 2.87. The zero-order valence-electron chi connectivity index (χ0n) is 14.2. The third-order valence-electron chi connectivity index (χ3n) is 4.35. The average Bonchev–Trinajstić information content (AvgIpc) is 2.63. The number of benzene rings is 2. The van der Waals surface area contributed by atoms with E-state index in [2.05, 4.69) is 16.7 Å². The SMILES string of the molecule is Nc1ccc(CC#CCN2CCC(Oc3ccc(Cl)cc3)CC2)cc1. The molecule has 3 nitrogen and oxygen atoms in total. The van der Waals surface area contributed by atoms with Gasteiger partial charge in [0.05, 0.1) is 6.54 Å². The van der Waals surface area contributed by atoms with Crippen LogP contribution in [0.25, 0.3) is 0 Å². The van der Waals surface area contributed by atoms with Gasteiger partial charge in [-0.25, -0.2) is 0 Å². The first-order chi connectivity index (χ1) is 12.2. The summed E-state index contributed by atoms with van der Waals surface area (Å²) in [7, 11) is 0. The summed E-state index contributed by atoms with van der Waals surface area (Å²) in [4.78, 5) is 2.39. The molecule has 1 aliphatic heterocycles. The van der Waals surface area contributed by atoms with Crippen LogP contribution in [0.5, 0.6) is 5.75 Å². The molecule has 1 fully saturated rings. The van der Waals surface area contributed by atoms with Crippen LogP contribution in [-0.4, -0.2) is 30.6 Å². The first-order valence-electron chi connectivity index (χ1n) is 8.64. The van der Waals surface area contributed by atoms with E-state index in [-0.39, 0.29) is 6.10 Å². The number of nitrogens with two attached hydrogens (primary N) is 1. The molecule has 2 aromatic rings. The van der Waals surface area contributed by atoms with Crippen molar-refractivity contribution in [1.82, 2.24) is 4.90 Å². The Balaban J connectivity index is 1.38. The molecular weight excluding hydrogens is 332 g/mol. The van der Waals surface area contributed by atoms with Crippen molar-refractivity contribution in [2.24, 2.45) is 0 Å². The number of nitrogens with zero attached hydrogens (tertiary/aromatic N) is 1. The fraction of sp³-hybridized carbons (Fsp3) is 0.333. The van der Waals surface area contributed by atoms with Crippen LogP contribution in [0.4, 0.5) is 5.69 Å². The van der Waals surface area contributed by atoms with Gasteiger partial charge in [0, 0.05) is 30.2 Å². The topological polar surface area (TPSA) is 38.5 Å². The van der Waals surface area contributed by atoms with Gasteiger partial charge in [-0.2, -0.15) is 0 Å². The van der Waals surface area contributed by atoms with Crippen LogP contribution in [0.15, 0.2) is 48.5 Å². The van der Waals surface area contributed by atoms with Gasteiger partial charge in [-0.15, -0.1) is 0 Å². The maximum Gasteiger partial charge on any atom is 0.119 e. The lowest BCUT2D eigenvalue weighted by atomic mass is 10.1. The molecule has 0 atom stereocenters. The summed E-state index contributed by atoms with van der Waals surface area (Å²) in [5.74, 6) is 7.42. The Bertz CT molecular complexity index is 723. The van der Waals surface area contributed by atoms with Gasteiger partial charge >= 0.3 is 0 Å². The lowest BCUT2D eigenvalue weighted by molar-refractivity contribution is 0.108. The molecule has 2 aromatic carbocycles. The molecule has 25 heavy (non-hydrogen) atoms. The smallest absolute Gasteiger partial charge is 0.119 e. The Morgan fingerprint density at radius 2 is 1.68 bits per heavy atom. The number of hydrogen-bond acceptors (Lipinski definition) is 3. The van der Waals surface area contributed by atoms with Gasteiger partial charge in [-0.3, -0.25) is 4.90 Å². The number of anilines is 1. The Kier molecular flexibility index (Phi) is 6.22. The minimum absolute atomic E-state index is 0.278. The van der Waals surface area contributed by atoms with Gasteiger partial charge in [0.25, 0.3) is 0 Å². The van der Waals surface area contributed by atoms with Crippen molar-refractivity contribution in [3.05, 3.63) is 59.1 Å². The predicted octanol–water partition coefficient (Wildman–Crippen LogP) is 4.01. The largest absolute Gasteiger partial charge is 0.490 e. The number of likely N-dealkylation sites (tertiary alicyclic amines) is 1. The highest BCUT2D eigenvalue weighted by Gasteiger charge is 2.19. The van der Waals surface area contributed by atoms with Crippen LogP contribution in [-0.2, 0) is 6.42 Å². The molecule has 0 amide bonds. The molecule has 130 valence electrons. The van der Waals surface area contributed by atoms with Crippen molar-refractivity contribution >= 4 is 17.3 Å². The quantitative estimate of drug-likeness (QED) is 0.666. The van der Waals surface area contributed by atoms with Crippen molar-refractivity contribution in [2.45, 2.75) is 25.4 Å². The molecule has 0 spiro atoms. The minimum atomic E-state index is 0.278. The Morgan fingerprint density at radius 1 is 1.00 bits per heavy atom. The summed E-state index contributed by atoms with van der Waals surface area (Å²) < 4.78 is 6.02. The van der Waals surface area contributed by atoms with E-state index < -0.39 is 0 Å². The molecule has 0 aliphatic carbocycles. The first kappa shape index (κ1) is 17.7. The minimum Gasteiger partial charge on any atom is -0.490 e. The normalized spacial score (nSPS) is 15.4. The molecule has 3 rings (SSSR count). The van der Waals surface area contributed by atoms with Crippen LogP contribution >= 0.6 is 11.6 Å². The van der Waals surface area contributed by atoms with Gasteiger partial charge in [-0.05, 0) is 54.8 Å². The monoisotopic (exact) mass is 354 g/mol. The zero-order chi connectivity index (χ0) is 17.5. The molecule has 1 aliphatic rings. The van der Waals surface area contributed by atoms with E-state index in [1.807, 2.05) is 48.5 Å². The zero-order valence-corrected chi connectivity index (χ0v) is 15.0. The fourth-order valence-corrected chi connectivity index (χ4v) is 2.98. The number of hydrogen-bond donors (Lipinski definition) is 1.